The maximum atomic E-state index is 13.4. The molecule has 0 unspecified atom stereocenters. The number of carbonyl (C=O) groups excluding carboxylic acids is 1. The minimum Gasteiger partial charge on any atom is -0.506 e. The van der Waals surface area contributed by atoms with Gasteiger partial charge >= 0.3 is 5.97 Å². The second-order valence-corrected chi connectivity index (χ2v) is 9.74. The number of hydrogen-bond donors (Lipinski definition) is 2. The number of aromatic hydroxyl groups is 1. The predicted octanol–water partition coefficient (Wildman–Crippen LogP) is 4.11. The smallest absolute Gasteiger partial charge is 0.306 e. The van der Waals surface area contributed by atoms with Crippen LogP contribution >= 0.6 is 0 Å². The first-order valence-electron chi connectivity index (χ1n) is 11.8. The molecule has 0 aliphatic carbocycles. The van der Waals surface area contributed by atoms with Gasteiger partial charge in [-0.15, -0.1) is 0 Å². The number of phenolic OH excluding ortho intramolecular Hbond substituents is 1. The van der Waals surface area contributed by atoms with E-state index in [1.54, 1.807) is 11.0 Å². The standard InChI is InChI=1S/C26H29N3O5/c1-15(2)20-10-21(23(30)22-11-27-34-24(20)22)25(31)29-13-18-4-3-16(9-19(18)14-29)12-28-7-5-17(6-8-28)26(32)33/h3-4,9-11,15,17,30H,5-8,12-14H2,1-2H3,(H,32,33). The Labute approximate surface area is 197 Å². The van der Waals surface area contributed by atoms with E-state index in [4.69, 9.17) is 4.52 Å². The summed E-state index contributed by atoms with van der Waals surface area (Å²) >= 11 is 0. The Balaban J connectivity index is 1.31. The van der Waals surface area contributed by atoms with Crippen LogP contribution in [-0.2, 0) is 24.4 Å². The highest BCUT2D eigenvalue weighted by molar-refractivity contribution is 6.03. The monoisotopic (exact) mass is 463 g/mol. The van der Waals surface area contributed by atoms with Gasteiger partial charge in [-0.3, -0.25) is 14.5 Å². The molecular weight excluding hydrogens is 434 g/mol. The topological polar surface area (TPSA) is 107 Å². The Morgan fingerprint density at radius 2 is 1.88 bits per heavy atom. The zero-order valence-electron chi connectivity index (χ0n) is 19.5. The predicted molar refractivity (Wildman–Crippen MR) is 125 cm³/mol. The lowest BCUT2D eigenvalue weighted by molar-refractivity contribution is -0.143. The second-order valence-electron chi connectivity index (χ2n) is 9.74. The van der Waals surface area contributed by atoms with Gasteiger partial charge < -0.3 is 19.6 Å². The van der Waals surface area contributed by atoms with E-state index in [2.05, 4.69) is 28.3 Å². The number of carboxylic acid groups (broad SMARTS) is 1. The van der Waals surface area contributed by atoms with Crippen LogP contribution in [0, 0.1) is 5.92 Å². The highest BCUT2D eigenvalue weighted by Gasteiger charge is 2.29. The van der Waals surface area contributed by atoms with Crippen molar-refractivity contribution in [2.75, 3.05) is 13.1 Å². The molecule has 1 amide bonds. The number of carboxylic acids is 1. The van der Waals surface area contributed by atoms with E-state index in [1.807, 2.05) is 13.8 Å². The molecule has 2 N–H and O–H groups in total. The molecule has 1 aromatic heterocycles. The van der Waals surface area contributed by atoms with Crippen molar-refractivity contribution in [2.24, 2.45) is 5.92 Å². The summed E-state index contributed by atoms with van der Waals surface area (Å²) in [5.74, 6) is -1.12. The fraction of sp³-hybridized carbons (Fsp3) is 0.423. The lowest BCUT2D eigenvalue weighted by Crippen LogP contribution is -2.35. The van der Waals surface area contributed by atoms with Gasteiger partial charge in [0.2, 0.25) is 0 Å². The summed E-state index contributed by atoms with van der Waals surface area (Å²) in [5, 5.41) is 24.3. The molecule has 0 saturated carbocycles. The van der Waals surface area contributed by atoms with Crippen LogP contribution in [0.5, 0.6) is 5.75 Å². The molecule has 2 aliphatic rings. The Morgan fingerprint density at radius 1 is 1.15 bits per heavy atom. The average molecular weight is 464 g/mol. The number of rotatable bonds is 5. The summed E-state index contributed by atoms with van der Waals surface area (Å²) in [5.41, 5.74) is 5.02. The highest BCUT2D eigenvalue weighted by atomic mass is 16.5. The number of aromatic nitrogens is 1. The number of benzene rings is 2. The van der Waals surface area contributed by atoms with E-state index in [1.165, 1.54) is 6.20 Å². The van der Waals surface area contributed by atoms with Crippen LogP contribution in [0.2, 0.25) is 0 Å². The van der Waals surface area contributed by atoms with E-state index < -0.39 is 5.97 Å². The maximum absolute atomic E-state index is 13.4. The number of fused-ring (bicyclic) bond motifs is 2. The molecule has 0 bridgehead atoms. The van der Waals surface area contributed by atoms with Gasteiger partial charge in [0.05, 0.1) is 23.1 Å². The minimum atomic E-state index is -0.698. The van der Waals surface area contributed by atoms with Gasteiger partial charge in [-0.05, 0) is 54.6 Å². The quantitative estimate of drug-likeness (QED) is 0.586. The lowest BCUT2D eigenvalue weighted by atomic mass is 9.96. The molecule has 1 fully saturated rings. The lowest BCUT2D eigenvalue weighted by Gasteiger charge is -2.30. The van der Waals surface area contributed by atoms with Crippen LogP contribution in [0.3, 0.4) is 0 Å². The third kappa shape index (κ3) is 4.03. The largest absolute Gasteiger partial charge is 0.506 e. The molecule has 3 heterocycles. The maximum Gasteiger partial charge on any atom is 0.306 e. The number of piperidine rings is 1. The van der Waals surface area contributed by atoms with Gasteiger partial charge in [-0.1, -0.05) is 37.2 Å². The zero-order valence-corrected chi connectivity index (χ0v) is 19.5. The highest BCUT2D eigenvalue weighted by Crippen LogP contribution is 2.37. The normalized spacial score (nSPS) is 17.0. The van der Waals surface area contributed by atoms with Crippen LogP contribution in [0.15, 0.2) is 35.0 Å². The van der Waals surface area contributed by atoms with Crippen molar-refractivity contribution in [2.45, 2.75) is 52.2 Å². The molecule has 1 saturated heterocycles. The van der Waals surface area contributed by atoms with Gasteiger partial charge in [-0.25, -0.2) is 0 Å². The van der Waals surface area contributed by atoms with E-state index in [0.29, 0.717) is 36.9 Å². The Hall–Kier alpha value is -3.39. The minimum absolute atomic E-state index is 0.0907. The molecule has 178 valence electrons. The van der Waals surface area contributed by atoms with Crippen LogP contribution in [-0.4, -0.2) is 50.1 Å². The summed E-state index contributed by atoms with van der Waals surface area (Å²) in [4.78, 5) is 28.7. The Morgan fingerprint density at radius 3 is 2.59 bits per heavy atom. The molecule has 2 aromatic carbocycles. The van der Waals surface area contributed by atoms with Crippen LogP contribution in [0.4, 0.5) is 0 Å². The first-order chi connectivity index (χ1) is 16.3. The summed E-state index contributed by atoms with van der Waals surface area (Å²) in [6.45, 7) is 7.34. The molecule has 34 heavy (non-hydrogen) atoms. The Bertz CT molecular complexity index is 1260. The molecule has 5 rings (SSSR count). The zero-order chi connectivity index (χ0) is 24.0. The van der Waals surface area contributed by atoms with Gasteiger partial charge in [-0.2, -0.15) is 0 Å². The van der Waals surface area contributed by atoms with E-state index >= 15 is 0 Å². The molecule has 8 heteroatoms. The van der Waals surface area contributed by atoms with E-state index in [0.717, 1.165) is 41.9 Å². The van der Waals surface area contributed by atoms with Crippen molar-refractivity contribution >= 4 is 22.8 Å². The van der Waals surface area contributed by atoms with E-state index in [9.17, 15) is 19.8 Å². The summed E-state index contributed by atoms with van der Waals surface area (Å²) in [7, 11) is 0. The van der Waals surface area contributed by atoms with Gasteiger partial charge in [0.15, 0.2) is 5.58 Å². The molecule has 0 radical (unpaired) electrons. The van der Waals surface area contributed by atoms with Crippen molar-refractivity contribution in [3.8, 4) is 5.75 Å². The number of carbonyl (C=O) groups is 2. The summed E-state index contributed by atoms with van der Waals surface area (Å²) in [6.07, 6.45) is 2.82. The van der Waals surface area contributed by atoms with Crippen LogP contribution < -0.4 is 0 Å². The van der Waals surface area contributed by atoms with Crippen LogP contribution in [0.1, 0.15) is 65.2 Å². The van der Waals surface area contributed by atoms with Crippen molar-refractivity contribution in [3.05, 3.63) is 58.3 Å². The van der Waals surface area contributed by atoms with Gasteiger partial charge in [0, 0.05) is 25.2 Å². The number of likely N-dealkylation sites (tertiary alicyclic amines) is 1. The number of phenols is 1. The van der Waals surface area contributed by atoms with Gasteiger partial charge in [0.1, 0.15) is 5.75 Å². The number of hydrogen-bond acceptors (Lipinski definition) is 6. The number of nitrogens with zero attached hydrogens (tertiary/aromatic N) is 3. The summed E-state index contributed by atoms with van der Waals surface area (Å²) in [6, 6.07) is 8.04. The van der Waals surface area contributed by atoms with Crippen molar-refractivity contribution in [1.29, 1.82) is 0 Å². The van der Waals surface area contributed by atoms with Crippen molar-refractivity contribution in [1.82, 2.24) is 15.0 Å². The molecule has 2 aliphatic heterocycles. The van der Waals surface area contributed by atoms with Crippen molar-refractivity contribution in [3.63, 3.8) is 0 Å². The SMILES string of the molecule is CC(C)c1cc(C(=O)N2Cc3ccc(CN4CCC(C(=O)O)CC4)cc3C2)c(O)c2cnoc12. The van der Waals surface area contributed by atoms with E-state index in [-0.39, 0.29) is 29.1 Å². The number of amides is 1. The molecular formula is C26H29N3O5. The average Bonchev–Trinajstić information content (AvgIpc) is 3.46. The fourth-order valence-electron chi connectivity index (χ4n) is 5.10. The summed E-state index contributed by atoms with van der Waals surface area (Å²) < 4.78 is 5.33. The Kier molecular flexibility index (Phi) is 5.77. The first-order valence-corrected chi connectivity index (χ1v) is 11.8. The molecule has 0 atom stereocenters. The van der Waals surface area contributed by atoms with Crippen molar-refractivity contribution < 1.29 is 24.3 Å². The molecule has 3 aromatic rings. The fourth-order valence-corrected chi connectivity index (χ4v) is 5.10. The van der Waals surface area contributed by atoms with Crippen LogP contribution in [0.25, 0.3) is 11.0 Å². The molecule has 0 spiro atoms. The van der Waals surface area contributed by atoms with Gasteiger partial charge in [0.25, 0.3) is 5.91 Å². The third-order valence-electron chi connectivity index (χ3n) is 7.12. The first kappa shape index (κ1) is 22.4. The second kappa shape index (κ2) is 8.76. The third-order valence-corrected chi connectivity index (χ3v) is 7.12. The molecule has 8 nitrogen and oxygen atoms in total. The number of aliphatic carboxylic acids is 1.